The van der Waals surface area contributed by atoms with E-state index in [1.165, 1.54) is 19.3 Å². The monoisotopic (exact) mass is 300 g/mol. The molecule has 4 aliphatic rings. The Kier molecular flexibility index (Phi) is 3.51. The van der Waals surface area contributed by atoms with E-state index in [9.17, 15) is 4.79 Å². The number of aryl methyl sites for hydroxylation is 1. The van der Waals surface area contributed by atoms with Crippen LogP contribution in [0, 0.1) is 18.8 Å². The van der Waals surface area contributed by atoms with Crippen LogP contribution in [-0.4, -0.2) is 46.5 Å². The molecule has 22 heavy (non-hydrogen) atoms. The second-order valence-electron chi connectivity index (χ2n) is 7.12. The number of carbonyl (C=O) groups excluding carboxylic acids is 1. The van der Waals surface area contributed by atoms with Crippen molar-refractivity contribution in [3.05, 3.63) is 18.0 Å². The highest BCUT2D eigenvalue weighted by molar-refractivity contribution is 5.81. The summed E-state index contributed by atoms with van der Waals surface area (Å²) in [5, 5.41) is 0. The predicted molar refractivity (Wildman–Crippen MR) is 84.5 cm³/mol. The number of nitrogens with zero attached hydrogens (tertiary/aromatic N) is 4. The molecule has 4 heterocycles. The average Bonchev–Trinajstić information content (AvgIpc) is 2.75. The fraction of sp³-hybridized carbons (Fsp3) is 0.706. The van der Waals surface area contributed by atoms with Crippen molar-refractivity contribution >= 4 is 11.9 Å². The summed E-state index contributed by atoms with van der Waals surface area (Å²) in [5.41, 5.74) is 0.985. The van der Waals surface area contributed by atoms with Gasteiger partial charge in [-0.25, -0.2) is 9.97 Å². The van der Waals surface area contributed by atoms with Gasteiger partial charge < -0.3 is 9.80 Å². The number of piperidine rings is 1. The van der Waals surface area contributed by atoms with Crippen molar-refractivity contribution in [3.8, 4) is 0 Å². The third-order valence-corrected chi connectivity index (χ3v) is 5.54. The SMILES string of the molecule is Cc1ccnc(N2C[C@H]3CC[C@@H](C2)N(CC2CCC2)C3=O)n1. The molecule has 2 bridgehead atoms. The van der Waals surface area contributed by atoms with Crippen LogP contribution < -0.4 is 4.90 Å². The number of fused-ring (bicyclic) bond motifs is 4. The van der Waals surface area contributed by atoms with Gasteiger partial charge in [0.15, 0.2) is 0 Å². The third kappa shape index (κ3) is 2.46. The van der Waals surface area contributed by atoms with Gasteiger partial charge in [0.1, 0.15) is 0 Å². The van der Waals surface area contributed by atoms with Crippen molar-refractivity contribution in [1.82, 2.24) is 14.9 Å². The molecule has 0 unspecified atom stereocenters. The number of anilines is 1. The molecular weight excluding hydrogens is 276 g/mol. The molecule has 1 saturated carbocycles. The van der Waals surface area contributed by atoms with Crippen molar-refractivity contribution < 1.29 is 4.79 Å². The lowest BCUT2D eigenvalue weighted by molar-refractivity contribution is -0.141. The van der Waals surface area contributed by atoms with Crippen LogP contribution in [0.25, 0.3) is 0 Å². The molecule has 3 aliphatic heterocycles. The zero-order valence-electron chi connectivity index (χ0n) is 13.2. The van der Waals surface area contributed by atoms with E-state index >= 15 is 0 Å². The smallest absolute Gasteiger partial charge is 0.227 e. The zero-order valence-corrected chi connectivity index (χ0v) is 13.2. The molecule has 1 aromatic heterocycles. The maximum absolute atomic E-state index is 12.8. The van der Waals surface area contributed by atoms with Gasteiger partial charge in [0.2, 0.25) is 11.9 Å². The van der Waals surface area contributed by atoms with Crippen molar-refractivity contribution in [2.45, 2.75) is 45.1 Å². The lowest BCUT2D eigenvalue weighted by Crippen LogP contribution is -2.50. The standard InChI is InChI=1S/C17H24N4O/c1-12-7-8-18-17(19-12)20-10-14-5-6-15(11-20)21(16(14)22)9-13-3-2-4-13/h7-8,13-15H,2-6,9-11H2,1H3/t14-,15+/m1/s1. The highest BCUT2D eigenvalue weighted by Gasteiger charge is 2.42. The lowest BCUT2D eigenvalue weighted by Gasteiger charge is -2.40. The molecule has 0 radical (unpaired) electrons. The quantitative estimate of drug-likeness (QED) is 0.857. The van der Waals surface area contributed by atoms with E-state index < -0.39 is 0 Å². The highest BCUT2D eigenvalue weighted by atomic mass is 16.2. The predicted octanol–water partition coefficient (Wildman–Crippen LogP) is 2.01. The Bertz CT molecular complexity index is 572. The van der Waals surface area contributed by atoms with E-state index in [-0.39, 0.29) is 5.92 Å². The Labute approximate surface area is 131 Å². The van der Waals surface area contributed by atoms with Crippen LogP contribution in [0.5, 0.6) is 0 Å². The topological polar surface area (TPSA) is 49.3 Å². The van der Waals surface area contributed by atoms with Gasteiger partial charge >= 0.3 is 0 Å². The summed E-state index contributed by atoms with van der Waals surface area (Å²) in [5.74, 6) is 2.03. The Morgan fingerprint density at radius 1 is 1.23 bits per heavy atom. The van der Waals surface area contributed by atoms with E-state index in [1.54, 1.807) is 0 Å². The van der Waals surface area contributed by atoms with Crippen molar-refractivity contribution in [1.29, 1.82) is 0 Å². The van der Waals surface area contributed by atoms with Gasteiger partial charge in [-0.1, -0.05) is 6.42 Å². The fourth-order valence-corrected chi connectivity index (χ4v) is 3.99. The van der Waals surface area contributed by atoms with Gasteiger partial charge in [-0.05, 0) is 44.6 Å². The summed E-state index contributed by atoms with van der Waals surface area (Å²) >= 11 is 0. The minimum Gasteiger partial charge on any atom is -0.338 e. The summed E-state index contributed by atoms with van der Waals surface area (Å²) in [7, 11) is 0. The fourth-order valence-electron chi connectivity index (χ4n) is 3.99. The summed E-state index contributed by atoms with van der Waals surface area (Å²) in [6, 6.07) is 2.26. The lowest BCUT2D eigenvalue weighted by atomic mass is 9.83. The Morgan fingerprint density at radius 3 is 2.82 bits per heavy atom. The Balaban J connectivity index is 1.55. The van der Waals surface area contributed by atoms with Crippen LogP contribution in [0.15, 0.2) is 12.3 Å². The number of carbonyl (C=O) groups is 1. The van der Waals surface area contributed by atoms with E-state index in [0.717, 1.165) is 50.0 Å². The summed E-state index contributed by atoms with van der Waals surface area (Å²) in [6.07, 6.45) is 7.90. The molecule has 5 heteroatoms. The third-order valence-electron chi connectivity index (χ3n) is 5.54. The van der Waals surface area contributed by atoms with Gasteiger partial charge in [-0.3, -0.25) is 4.79 Å². The van der Waals surface area contributed by atoms with Crippen LogP contribution in [0.1, 0.15) is 37.8 Å². The van der Waals surface area contributed by atoms with E-state index in [0.29, 0.717) is 11.9 Å². The van der Waals surface area contributed by atoms with Gasteiger partial charge in [0.05, 0.1) is 5.92 Å². The second kappa shape index (κ2) is 5.52. The molecule has 0 spiro atoms. The van der Waals surface area contributed by atoms with Crippen molar-refractivity contribution in [2.24, 2.45) is 11.8 Å². The maximum atomic E-state index is 12.8. The van der Waals surface area contributed by atoms with Gasteiger partial charge in [0.25, 0.3) is 0 Å². The molecule has 1 aliphatic carbocycles. The van der Waals surface area contributed by atoms with Crippen molar-refractivity contribution in [2.75, 3.05) is 24.5 Å². The molecule has 5 nitrogen and oxygen atoms in total. The van der Waals surface area contributed by atoms with Gasteiger partial charge in [-0.2, -0.15) is 0 Å². The van der Waals surface area contributed by atoms with Crippen LogP contribution in [0.2, 0.25) is 0 Å². The first-order valence-electron chi connectivity index (χ1n) is 8.56. The summed E-state index contributed by atoms with van der Waals surface area (Å²) < 4.78 is 0. The number of hydrogen-bond donors (Lipinski definition) is 0. The van der Waals surface area contributed by atoms with Crippen LogP contribution in [-0.2, 0) is 4.79 Å². The molecule has 1 aromatic rings. The van der Waals surface area contributed by atoms with Gasteiger partial charge in [0, 0.05) is 37.6 Å². The van der Waals surface area contributed by atoms with Gasteiger partial charge in [-0.15, -0.1) is 0 Å². The number of rotatable bonds is 3. The first kappa shape index (κ1) is 14.0. The molecule has 4 fully saturated rings. The molecule has 1 amide bonds. The number of aromatic nitrogens is 2. The van der Waals surface area contributed by atoms with E-state index in [4.69, 9.17) is 0 Å². The molecule has 118 valence electrons. The first-order chi connectivity index (χ1) is 10.7. The van der Waals surface area contributed by atoms with E-state index in [1.807, 2.05) is 19.2 Å². The van der Waals surface area contributed by atoms with E-state index in [2.05, 4.69) is 19.8 Å². The molecule has 0 aromatic carbocycles. The molecular formula is C17H24N4O. The van der Waals surface area contributed by atoms with Crippen LogP contribution >= 0.6 is 0 Å². The molecule has 3 saturated heterocycles. The van der Waals surface area contributed by atoms with Crippen LogP contribution in [0.4, 0.5) is 5.95 Å². The molecule has 5 rings (SSSR count). The maximum Gasteiger partial charge on any atom is 0.227 e. The second-order valence-corrected chi connectivity index (χ2v) is 7.12. The normalized spacial score (nSPS) is 28.7. The Hall–Kier alpha value is -1.65. The minimum absolute atomic E-state index is 0.128. The highest BCUT2D eigenvalue weighted by Crippen LogP contribution is 2.34. The van der Waals surface area contributed by atoms with Crippen molar-refractivity contribution in [3.63, 3.8) is 0 Å². The Morgan fingerprint density at radius 2 is 2.09 bits per heavy atom. The zero-order chi connectivity index (χ0) is 15.1. The number of amides is 1. The first-order valence-corrected chi connectivity index (χ1v) is 8.56. The number of hydrogen-bond acceptors (Lipinski definition) is 4. The molecule has 0 N–H and O–H groups in total. The average molecular weight is 300 g/mol. The molecule has 2 atom stereocenters. The summed E-state index contributed by atoms with van der Waals surface area (Å²) in [6.45, 7) is 4.63. The largest absolute Gasteiger partial charge is 0.338 e. The minimum atomic E-state index is 0.128. The van der Waals surface area contributed by atoms with Crippen LogP contribution in [0.3, 0.4) is 0 Å². The summed E-state index contributed by atoms with van der Waals surface area (Å²) in [4.78, 5) is 26.2.